The van der Waals surface area contributed by atoms with Crippen molar-refractivity contribution >= 4 is 0 Å². The molecule has 2 unspecified atom stereocenters. The van der Waals surface area contributed by atoms with E-state index in [9.17, 15) is 0 Å². The summed E-state index contributed by atoms with van der Waals surface area (Å²) < 4.78 is 0. The van der Waals surface area contributed by atoms with Crippen molar-refractivity contribution in [2.24, 2.45) is 11.8 Å². The van der Waals surface area contributed by atoms with Gasteiger partial charge in [0.1, 0.15) is 0 Å². The van der Waals surface area contributed by atoms with Gasteiger partial charge in [-0.2, -0.15) is 0 Å². The Morgan fingerprint density at radius 1 is 1.08 bits per heavy atom. The lowest BCUT2D eigenvalue weighted by Crippen LogP contribution is -2.21. The lowest BCUT2D eigenvalue weighted by atomic mass is 9.91. The van der Waals surface area contributed by atoms with Gasteiger partial charge < -0.3 is 5.32 Å². The van der Waals surface area contributed by atoms with Gasteiger partial charge in [0.2, 0.25) is 0 Å². The lowest BCUT2D eigenvalue weighted by molar-refractivity contribution is 0.344. The zero-order valence-electron chi connectivity index (χ0n) is 9.19. The van der Waals surface area contributed by atoms with Crippen LogP contribution in [0.3, 0.4) is 0 Å². The third kappa shape index (κ3) is 5.59. The maximum absolute atomic E-state index is 3.24. The van der Waals surface area contributed by atoms with Crippen molar-refractivity contribution in [3.63, 3.8) is 0 Å². The van der Waals surface area contributed by atoms with E-state index in [0.717, 1.165) is 18.4 Å². The van der Waals surface area contributed by atoms with E-state index >= 15 is 0 Å². The molecule has 2 atom stereocenters. The maximum Gasteiger partial charge on any atom is -0.00236 e. The van der Waals surface area contributed by atoms with Crippen LogP contribution >= 0.6 is 0 Å². The lowest BCUT2D eigenvalue weighted by Gasteiger charge is -2.19. The van der Waals surface area contributed by atoms with Crippen LogP contribution in [-0.2, 0) is 0 Å². The molecular formula is C11H25N. The molecular weight excluding hydrogens is 146 g/mol. The van der Waals surface area contributed by atoms with Crippen LogP contribution in [-0.4, -0.2) is 13.6 Å². The second-order valence-corrected chi connectivity index (χ2v) is 4.01. The molecule has 1 heteroatoms. The number of hydrogen-bond acceptors (Lipinski definition) is 1. The van der Waals surface area contributed by atoms with Gasteiger partial charge in [0.15, 0.2) is 0 Å². The minimum absolute atomic E-state index is 0.826. The molecule has 0 aromatic rings. The fraction of sp³-hybridized carbons (Fsp3) is 1.00. The fourth-order valence-corrected chi connectivity index (χ4v) is 1.52. The normalized spacial score (nSPS) is 16.0. The molecule has 0 aromatic carbocycles. The highest BCUT2D eigenvalue weighted by molar-refractivity contribution is 4.63. The Morgan fingerprint density at radius 3 is 2.25 bits per heavy atom. The molecule has 0 saturated heterocycles. The Labute approximate surface area is 77.9 Å². The predicted molar refractivity (Wildman–Crippen MR) is 56.4 cm³/mol. The smallest absolute Gasteiger partial charge is 0.00236 e. The van der Waals surface area contributed by atoms with Crippen molar-refractivity contribution in [1.29, 1.82) is 0 Å². The highest BCUT2D eigenvalue weighted by Crippen LogP contribution is 2.17. The molecule has 0 amide bonds. The van der Waals surface area contributed by atoms with Crippen molar-refractivity contribution in [3.8, 4) is 0 Å². The first-order valence-corrected chi connectivity index (χ1v) is 5.37. The summed E-state index contributed by atoms with van der Waals surface area (Å²) >= 11 is 0. The molecule has 1 N–H and O–H groups in total. The molecule has 0 fully saturated rings. The first-order valence-electron chi connectivity index (χ1n) is 5.37. The van der Waals surface area contributed by atoms with Gasteiger partial charge in [0, 0.05) is 0 Å². The van der Waals surface area contributed by atoms with Gasteiger partial charge in [-0.05, 0) is 25.4 Å². The monoisotopic (exact) mass is 171 g/mol. The van der Waals surface area contributed by atoms with Gasteiger partial charge in [0.25, 0.3) is 0 Å². The summed E-state index contributed by atoms with van der Waals surface area (Å²) in [6, 6.07) is 0. The Kier molecular flexibility index (Phi) is 7.58. The second kappa shape index (κ2) is 7.60. The van der Waals surface area contributed by atoms with E-state index in [2.05, 4.69) is 26.1 Å². The zero-order valence-corrected chi connectivity index (χ0v) is 9.19. The molecule has 12 heavy (non-hydrogen) atoms. The zero-order chi connectivity index (χ0) is 9.40. The number of hydrogen-bond donors (Lipinski definition) is 1. The maximum atomic E-state index is 3.24. The molecule has 0 heterocycles. The summed E-state index contributed by atoms with van der Waals surface area (Å²) in [5.74, 6) is 1.70. The number of rotatable bonds is 7. The molecule has 0 rings (SSSR count). The fourth-order valence-electron chi connectivity index (χ4n) is 1.52. The van der Waals surface area contributed by atoms with Crippen molar-refractivity contribution in [2.75, 3.05) is 13.6 Å². The predicted octanol–water partition coefficient (Wildman–Crippen LogP) is 3.06. The van der Waals surface area contributed by atoms with Crippen LogP contribution in [0.5, 0.6) is 0 Å². The molecule has 0 aromatic heterocycles. The van der Waals surface area contributed by atoms with Crippen LogP contribution in [0.1, 0.15) is 46.5 Å². The molecule has 0 aliphatic rings. The van der Waals surface area contributed by atoms with E-state index in [1.807, 2.05) is 7.05 Å². The van der Waals surface area contributed by atoms with Gasteiger partial charge in [-0.3, -0.25) is 0 Å². The Bertz CT molecular complexity index is 91.0. The minimum atomic E-state index is 0.826. The highest BCUT2D eigenvalue weighted by atomic mass is 14.8. The third-order valence-electron chi connectivity index (χ3n) is 2.76. The van der Waals surface area contributed by atoms with Crippen LogP contribution in [0.15, 0.2) is 0 Å². The molecule has 0 aliphatic carbocycles. The van der Waals surface area contributed by atoms with Crippen LogP contribution in [0.4, 0.5) is 0 Å². The molecule has 0 radical (unpaired) electrons. The van der Waals surface area contributed by atoms with Crippen molar-refractivity contribution in [2.45, 2.75) is 46.5 Å². The quantitative estimate of drug-likeness (QED) is 0.580. The van der Waals surface area contributed by atoms with Crippen molar-refractivity contribution in [1.82, 2.24) is 5.32 Å². The first-order chi connectivity index (χ1) is 5.72. The van der Waals surface area contributed by atoms with Gasteiger partial charge in [-0.25, -0.2) is 0 Å². The molecule has 0 aliphatic heterocycles. The van der Waals surface area contributed by atoms with Crippen LogP contribution in [0.25, 0.3) is 0 Å². The van der Waals surface area contributed by atoms with Gasteiger partial charge >= 0.3 is 0 Å². The average molecular weight is 171 g/mol. The molecule has 1 nitrogen and oxygen atoms in total. The SMILES string of the molecule is CCCCCC(C)C(C)CNC. The second-order valence-electron chi connectivity index (χ2n) is 4.01. The number of unbranched alkanes of at least 4 members (excludes halogenated alkanes) is 2. The minimum Gasteiger partial charge on any atom is -0.319 e. The van der Waals surface area contributed by atoms with Gasteiger partial charge in [-0.15, -0.1) is 0 Å². The van der Waals surface area contributed by atoms with Crippen LogP contribution in [0, 0.1) is 11.8 Å². The van der Waals surface area contributed by atoms with E-state index in [1.54, 1.807) is 0 Å². The third-order valence-corrected chi connectivity index (χ3v) is 2.76. The van der Waals surface area contributed by atoms with E-state index in [-0.39, 0.29) is 0 Å². The summed E-state index contributed by atoms with van der Waals surface area (Å²) in [6.45, 7) is 8.14. The van der Waals surface area contributed by atoms with E-state index in [0.29, 0.717) is 0 Å². The topological polar surface area (TPSA) is 12.0 Å². The summed E-state index contributed by atoms with van der Waals surface area (Å²) in [7, 11) is 2.04. The molecule has 0 bridgehead atoms. The van der Waals surface area contributed by atoms with Crippen molar-refractivity contribution in [3.05, 3.63) is 0 Å². The highest BCUT2D eigenvalue weighted by Gasteiger charge is 2.09. The van der Waals surface area contributed by atoms with Crippen molar-refractivity contribution < 1.29 is 0 Å². The summed E-state index contributed by atoms with van der Waals surface area (Å²) in [4.78, 5) is 0. The summed E-state index contributed by atoms with van der Waals surface area (Å²) in [6.07, 6.45) is 5.55. The Hall–Kier alpha value is -0.0400. The molecule has 0 saturated carbocycles. The summed E-state index contributed by atoms with van der Waals surface area (Å²) in [5, 5.41) is 3.24. The molecule has 0 spiro atoms. The largest absolute Gasteiger partial charge is 0.319 e. The average Bonchev–Trinajstić information content (AvgIpc) is 2.05. The first kappa shape index (κ1) is 12.0. The van der Waals surface area contributed by atoms with Gasteiger partial charge in [-0.1, -0.05) is 46.5 Å². The van der Waals surface area contributed by atoms with Crippen LogP contribution < -0.4 is 5.32 Å². The Morgan fingerprint density at radius 2 is 1.75 bits per heavy atom. The van der Waals surface area contributed by atoms with E-state index in [1.165, 1.54) is 25.7 Å². The number of nitrogens with one attached hydrogen (secondary N) is 1. The van der Waals surface area contributed by atoms with Crippen LogP contribution in [0.2, 0.25) is 0 Å². The molecule has 74 valence electrons. The Balaban J connectivity index is 3.35. The standard InChI is InChI=1S/C11H25N/c1-5-6-7-8-10(2)11(3)9-12-4/h10-12H,5-9H2,1-4H3. The van der Waals surface area contributed by atoms with E-state index in [4.69, 9.17) is 0 Å². The van der Waals surface area contributed by atoms with E-state index < -0.39 is 0 Å². The van der Waals surface area contributed by atoms with Gasteiger partial charge in [0.05, 0.1) is 0 Å². The summed E-state index contributed by atoms with van der Waals surface area (Å²) in [5.41, 5.74) is 0.